The van der Waals surface area contributed by atoms with Gasteiger partial charge >= 0.3 is 5.97 Å². The fraction of sp³-hybridized carbons (Fsp3) is 0.696. The van der Waals surface area contributed by atoms with Gasteiger partial charge in [-0.15, -0.1) is 6.58 Å². The van der Waals surface area contributed by atoms with E-state index in [9.17, 15) is 9.90 Å². The second-order valence-electron chi connectivity index (χ2n) is 7.06. The minimum Gasteiger partial charge on any atom is -0.461 e. The Balaban J connectivity index is 3.85. The number of allylic oxidation sites excluding steroid dienone is 3. The molecule has 0 aromatic carbocycles. The fourth-order valence-corrected chi connectivity index (χ4v) is 2.64. The molecule has 5 nitrogen and oxygen atoms in total. The molecule has 0 aromatic heterocycles. The summed E-state index contributed by atoms with van der Waals surface area (Å²) in [6.07, 6.45) is 13.5. The van der Waals surface area contributed by atoms with Crippen molar-refractivity contribution in [3.8, 4) is 11.8 Å². The molecule has 0 heterocycles. The number of rotatable bonds is 16. The average Bonchev–Trinajstić information content (AvgIpc) is 2.70. The maximum absolute atomic E-state index is 11.8. The zero-order valence-electron chi connectivity index (χ0n) is 17.6. The molecule has 0 radical (unpaired) electrons. The number of carbonyl (C=O) groups excluding carboxylic acids is 1. The van der Waals surface area contributed by atoms with Crippen LogP contribution in [0.15, 0.2) is 24.8 Å². The third-order valence-electron chi connectivity index (χ3n) is 4.43. The summed E-state index contributed by atoms with van der Waals surface area (Å²) in [6.45, 7) is 5.38. The van der Waals surface area contributed by atoms with Crippen LogP contribution in [0, 0.1) is 17.8 Å². The maximum Gasteiger partial charge on any atom is 0.335 e. The first-order valence-corrected chi connectivity index (χ1v) is 10.3. The Morgan fingerprint density at radius 3 is 2.61 bits per heavy atom. The van der Waals surface area contributed by atoms with Crippen LogP contribution in [-0.2, 0) is 14.3 Å². The molecule has 0 saturated heterocycles. The van der Waals surface area contributed by atoms with Gasteiger partial charge in [0.25, 0.3) is 0 Å². The minimum absolute atomic E-state index is 0.239. The van der Waals surface area contributed by atoms with Gasteiger partial charge in [0.1, 0.15) is 12.7 Å². The number of carbonyl (C=O) groups is 1. The van der Waals surface area contributed by atoms with Crippen molar-refractivity contribution in [1.82, 2.24) is 0 Å². The van der Waals surface area contributed by atoms with Crippen LogP contribution in [0.4, 0.5) is 0 Å². The van der Waals surface area contributed by atoms with Crippen LogP contribution in [0.2, 0.25) is 0 Å². The quantitative estimate of drug-likeness (QED) is 0.180. The van der Waals surface area contributed by atoms with E-state index >= 15 is 0 Å². The topological polar surface area (TPSA) is 76.0 Å². The normalized spacial score (nSPS) is 14.1. The highest BCUT2D eigenvalue weighted by atomic mass is 16.6. The fourth-order valence-electron chi connectivity index (χ4n) is 2.64. The smallest absolute Gasteiger partial charge is 0.335 e. The van der Waals surface area contributed by atoms with E-state index in [1.54, 1.807) is 0 Å². The van der Waals surface area contributed by atoms with Crippen LogP contribution >= 0.6 is 0 Å². The standard InChI is InChI=1S/C23H38O5/c1-4-5-6-12-15-20(2)16-13-10-8-7-9-11-14-17-22(27-3)23(26)28-19-21(25)18-24/h4,7-8,20-22,24-25H,1,5-6,10,12-19H2,2-3H3/t20?,21-,22-/m0/s1. The van der Waals surface area contributed by atoms with E-state index in [1.807, 2.05) is 12.2 Å². The van der Waals surface area contributed by atoms with E-state index in [1.165, 1.54) is 39.2 Å². The highest BCUT2D eigenvalue weighted by molar-refractivity contribution is 5.74. The van der Waals surface area contributed by atoms with Crippen molar-refractivity contribution < 1.29 is 24.5 Å². The van der Waals surface area contributed by atoms with Gasteiger partial charge in [0.15, 0.2) is 6.10 Å². The molecule has 3 atom stereocenters. The highest BCUT2D eigenvalue weighted by Gasteiger charge is 2.19. The van der Waals surface area contributed by atoms with Crippen molar-refractivity contribution in [3.63, 3.8) is 0 Å². The predicted octanol–water partition coefficient (Wildman–Crippen LogP) is 3.79. The number of hydrogen-bond acceptors (Lipinski definition) is 5. The Bertz CT molecular complexity index is 489. The van der Waals surface area contributed by atoms with Gasteiger partial charge in [-0.1, -0.05) is 50.2 Å². The van der Waals surface area contributed by atoms with Gasteiger partial charge in [-0.3, -0.25) is 0 Å². The molecule has 0 aromatic rings. The average molecular weight is 395 g/mol. The van der Waals surface area contributed by atoms with Crippen molar-refractivity contribution in [2.24, 2.45) is 5.92 Å². The molecular formula is C23H38O5. The Labute approximate surface area is 170 Å². The molecular weight excluding hydrogens is 356 g/mol. The molecule has 0 aliphatic carbocycles. The maximum atomic E-state index is 11.8. The van der Waals surface area contributed by atoms with Gasteiger partial charge < -0.3 is 19.7 Å². The van der Waals surface area contributed by atoms with Crippen molar-refractivity contribution in [2.45, 2.75) is 76.9 Å². The molecule has 0 saturated carbocycles. The lowest BCUT2D eigenvalue weighted by atomic mass is 9.97. The monoisotopic (exact) mass is 394 g/mol. The van der Waals surface area contributed by atoms with E-state index in [0.29, 0.717) is 12.8 Å². The third kappa shape index (κ3) is 15.4. The second-order valence-corrected chi connectivity index (χ2v) is 7.06. The molecule has 0 aliphatic heterocycles. The highest BCUT2D eigenvalue weighted by Crippen LogP contribution is 2.16. The molecule has 0 rings (SSSR count). The first kappa shape index (κ1) is 26.4. The van der Waals surface area contributed by atoms with Crippen molar-refractivity contribution >= 4 is 5.97 Å². The van der Waals surface area contributed by atoms with Crippen molar-refractivity contribution in [1.29, 1.82) is 0 Å². The predicted molar refractivity (Wildman–Crippen MR) is 113 cm³/mol. The van der Waals surface area contributed by atoms with Crippen molar-refractivity contribution in [3.05, 3.63) is 24.8 Å². The lowest BCUT2D eigenvalue weighted by molar-refractivity contribution is -0.159. The summed E-state index contributed by atoms with van der Waals surface area (Å²) in [5, 5.41) is 17.9. The molecule has 0 bridgehead atoms. The Kier molecular flexibility index (Phi) is 17.7. The van der Waals surface area contributed by atoms with E-state index in [4.69, 9.17) is 14.6 Å². The summed E-state index contributed by atoms with van der Waals surface area (Å²) in [7, 11) is 1.43. The van der Waals surface area contributed by atoms with Gasteiger partial charge in [-0.25, -0.2) is 4.79 Å². The van der Waals surface area contributed by atoms with Gasteiger partial charge in [0, 0.05) is 13.5 Å². The molecule has 5 heteroatoms. The van der Waals surface area contributed by atoms with Crippen LogP contribution in [0.5, 0.6) is 0 Å². The van der Waals surface area contributed by atoms with E-state index < -0.39 is 24.8 Å². The number of esters is 1. The van der Waals surface area contributed by atoms with Crippen LogP contribution in [0.3, 0.4) is 0 Å². The number of aliphatic hydroxyl groups excluding tert-OH is 2. The van der Waals surface area contributed by atoms with Gasteiger partial charge in [-0.2, -0.15) is 0 Å². The summed E-state index contributed by atoms with van der Waals surface area (Å²) < 4.78 is 9.98. The number of methoxy groups -OCH3 is 1. The largest absolute Gasteiger partial charge is 0.461 e. The summed E-state index contributed by atoms with van der Waals surface area (Å²) in [4.78, 5) is 11.8. The molecule has 0 amide bonds. The van der Waals surface area contributed by atoms with Gasteiger partial charge in [0.2, 0.25) is 0 Å². The summed E-state index contributed by atoms with van der Waals surface area (Å²) in [6, 6.07) is 0. The molecule has 0 aliphatic rings. The van der Waals surface area contributed by atoms with E-state index in [0.717, 1.165) is 18.8 Å². The molecule has 0 fully saturated rings. The Morgan fingerprint density at radius 1 is 1.18 bits per heavy atom. The zero-order valence-corrected chi connectivity index (χ0v) is 17.6. The van der Waals surface area contributed by atoms with Crippen LogP contribution < -0.4 is 0 Å². The number of hydrogen-bond donors (Lipinski definition) is 2. The van der Waals surface area contributed by atoms with Crippen LogP contribution in [0.25, 0.3) is 0 Å². The second kappa shape index (κ2) is 18.7. The summed E-state index contributed by atoms with van der Waals surface area (Å²) in [5.74, 6) is 6.20. The zero-order chi connectivity index (χ0) is 21.0. The molecule has 0 spiro atoms. The van der Waals surface area contributed by atoms with Crippen molar-refractivity contribution in [2.75, 3.05) is 20.3 Å². The number of aliphatic hydroxyl groups is 2. The third-order valence-corrected chi connectivity index (χ3v) is 4.43. The SMILES string of the molecule is C=CCCCCC(C)CCCC=CC#CCC[C@H](OC)C(=O)OC[C@@H](O)CO. The number of ether oxygens (including phenoxy) is 2. The lowest BCUT2D eigenvalue weighted by Gasteiger charge is -2.14. The Hall–Kier alpha value is -1.61. The summed E-state index contributed by atoms with van der Waals surface area (Å²) in [5.41, 5.74) is 0. The minimum atomic E-state index is -1.06. The van der Waals surface area contributed by atoms with Gasteiger partial charge in [0.05, 0.1) is 6.61 Å². The summed E-state index contributed by atoms with van der Waals surface area (Å²) >= 11 is 0. The molecule has 1 unspecified atom stereocenters. The number of unbranched alkanes of at least 4 members (excludes halogenated alkanes) is 3. The van der Waals surface area contributed by atoms with Crippen LogP contribution in [0.1, 0.15) is 64.7 Å². The first-order valence-electron chi connectivity index (χ1n) is 10.3. The Morgan fingerprint density at radius 2 is 1.93 bits per heavy atom. The molecule has 28 heavy (non-hydrogen) atoms. The van der Waals surface area contributed by atoms with Gasteiger partial charge in [-0.05, 0) is 44.1 Å². The molecule has 160 valence electrons. The first-order chi connectivity index (χ1) is 13.5. The lowest BCUT2D eigenvalue weighted by Crippen LogP contribution is -2.29. The van der Waals surface area contributed by atoms with E-state index in [-0.39, 0.29) is 6.61 Å². The van der Waals surface area contributed by atoms with Crippen LogP contribution in [-0.4, -0.2) is 48.7 Å². The van der Waals surface area contributed by atoms with E-state index in [2.05, 4.69) is 31.4 Å². The molecule has 2 N–H and O–H groups in total.